The number of ketones is 1. The van der Waals surface area contributed by atoms with Crippen LogP contribution in [-0.4, -0.2) is 10.8 Å². The summed E-state index contributed by atoms with van der Waals surface area (Å²) >= 11 is 0. The number of fused-ring (bicyclic) bond motifs is 1. The molecule has 94 valence electrons. The van der Waals surface area contributed by atoms with Crippen molar-refractivity contribution in [1.82, 2.24) is 4.98 Å². The molecule has 0 atom stereocenters. The first-order valence-electron chi connectivity index (χ1n) is 6.42. The number of halogens is 1. The monoisotopic (exact) mass is 245 g/mol. The number of hydrogen-bond donors (Lipinski definition) is 1. The first-order valence-corrected chi connectivity index (χ1v) is 6.42. The van der Waals surface area contributed by atoms with Gasteiger partial charge in [-0.2, -0.15) is 0 Å². The third kappa shape index (κ3) is 1.65. The number of Topliss-reactive ketones (excluding diaryl/α,β-unsaturated/α-hetero) is 1. The number of rotatable bonds is 2. The molecule has 0 amide bonds. The Balaban J connectivity index is 2.07. The van der Waals surface area contributed by atoms with E-state index in [4.69, 9.17) is 0 Å². The molecule has 1 N–H and O–H groups in total. The number of aromatic nitrogens is 1. The van der Waals surface area contributed by atoms with E-state index in [0.29, 0.717) is 11.1 Å². The summed E-state index contributed by atoms with van der Waals surface area (Å²) in [6.07, 6.45) is 5.88. The van der Waals surface area contributed by atoms with E-state index < -0.39 is 0 Å². The lowest BCUT2D eigenvalue weighted by Gasteiger charge is -2.21. The van der Waals surface area contributed by atoms with Gasteiger partial charge >= 0.3 is 0 Å². The highest BCUT2D eigenvalue weighted by Gasteiger charge is 2.37. The fourth-order valence-corrected chi connectivity index (χ4v) is 2.99. The highest BCUT2D eigenvalue weighted by atomic mass is 19.1. The summed E-state index contributed by atoms with van der Waals surface area (Å²) in [5.74, 6) is -0.0896. The number of benzene rings is 1. The number of hydrogen-bond acceptors (Lipinski definition) is 1. The number of H-pyrrole nitrogens is 1. The largest absolute Gasteiger partial charge is 0.360 e. The number of carbonyl (C=O) groups excluding carboxylic acids is 1. The number of aromatic amines is 1. The molecule has 1 aliphatic rings. The lowest BCUT2D eigenvalue weighted by Crippen LogP contribution is -2.24. The Labute approximate surface area is 105 Å². The average Bonchev–Trinajstić information content (AvgIpc) is 2.95. The van der Waals surface area contributed by atoms with Crippen LogP contribution < -0.4 is 0 Å². The second-order valence-electron chi connectivity index (χ2n) is 5.49. The van der Waals surface area contributed by atoms with Crippen LogP contribution in [0.25, 0.3) is 10.9 Å². The molecule has 1 aromatic heterocycles. The maximum Gasteiger partial charge on any atom is 0.170 e. The molecule has 0 radical (unpaired) electrons. The third-order valence-corrected chi connectivity index (χ3v) is 4.14. The van der Waals surface area contributed by atoms with Gasteiger partial charge in [0, 0.05) is 28.1 Å². The zero-order valence-electron chi connectivity index (χ0n) is 10.4. The van der Waals surface area contributed by atoms with Crippen molar-refractivity contribution in [2.24, 2.45) is 5.41 Å². The van der Waals surface area contributed by atoms with Gasteiger partial charge in [0.2, 0.25) is 0 Å². The summed E-state index contributed by atoms with van der Waals surface area (Å²) in [5.41, 5.74) is 1.16. The van der Waals surface area contributed by atoms with Crippen LogP contribution in [0.3, 0.4) is 0 Å². The minimum absolute atomic E-state index is 0.192. The van der Waals surface area contributed by atoms with E-state index in [9.17, 15) is 9.18 Å². The number of nitrogens with one attached hydrogen (secondary N) is 1. The maximum absolute atomic E-state index is 13.1. The van der Waals surface area contributed by atoms with Gasteiger partial charge in [0.1, 0.15) is 5.82 Å². The van der Waals surface area contributed by atoms with Crippen molar-refractivity contribution in [3.05, 3.63) is 35.8 Å². The van der Waals surface area contributed by atoms with E-state index >= 15 is 0 Å². The van der Waals surface area contributed by atoms with Crippen LogP contribution in [0.2, 0.25) is 0 Å². The first-order chi connectivity index (χ1) is 8.60. The molecule has 3 rings (SSSR count). The Morgan fingerprint density at radius 3 is 2.78 bits per heavy atom. The van der Waals surface area contributed by atoms with Crippen molar-refractivity contribution in [3.63, 3.8) is 0 Å². The Bertz CT molecular complexity index is 608. The van der Waals surface area contributed by atoms with Crippen LogP contribution in [0.15, 0.2) is 24.4 Å². The summed E-state index contributed by atoms with van der Waals surface area (Å²) in [6.45, 7) is 2.05. The Hall–Kier alpha value is -1.64. The van der Waals surface area contributed by atoms with Crippen molar-refractivity contribution in [1.29, 1.82) is 0 Å². The van der Waals surface area contributed by atoms with E-state index in [1.54, 1.807) is 12.3 Å². The van der Waals surface area contributed by atoms with Gasteiger partial charge in [-0.25, -0.2) is 4.39 Å². The lowest BCUT2D eigenvalue weighted by molar-refractivity contribution is 0.0825. The first kappa shape index (κ1) is 11.5. The SMILES string of the molecule is CC1(C(=O)c2c[nH]c3cc(F)ccc23)CCCC1. The van der Waals surface area contributed by atoms with Crippen LogP contribution in [0, 0.1) is 11.2 Å². The average molecular weight is 245 g/mol. The summed E-state index contributed by atoms with van der Waals surface area (Å²) in [4.78, 5) is 15.6. The van der Waals surface area contributed by atoms with Crippen LogP contribution >= 0.6 is 0 Å². The van der Waals surface area contributed by atoms with E-state index in [2.05, 4.69) is 4.98 Å². The molecule has 1 saturated carbocycles. The molecule has 1 fully saturated rings. The molecule has 1 aliphatic carbocycles. The van der Waals surface area contributed by atoms with E-state index in [0.717, 1.165) is 31.1 Å². The van der Waals surface area contributed by atoms with Crippen LogP contribution in [0.1, 0.15) is 43.0 Å². The van der Waals surface area contributed by atoms with Crippen LogP contribution in [0.4, 0.5) is 4.39 Å². The maximum atomic E-state index is 13.1. The topological polar surface area (TPSA) is 32.9 Å². The number of carbonyl (C=O) groups is 1. The summed E-state index contributed by atoms with van der Waals surface area (Å²) < 4.78 is 13.1. The van der Waals surface area contributed by atoms with Gasteiger partial charge in [-0.3, -0.25) is 4.79 Å². The van der Waals surface area contributed by atoms with Crippen molar-refractivity contribution in [2.45, 2.75) is 32.6 Å². The molecule has 18 heavy (non-hydrogen) atoms. The normalized spacial score (nSPS) is 18.3. The van der Waals surface area contributed by atoms with Gasteiger partial charge in [-0.15, -0.1) is 0 Å². The zero-order chi connectivity index (χ0) is 12.8. The van der Waals surface area contributed by atoms with Crippen molar-refractivity contribution in [2.75, 3.05) is 0 Å². The minimum Gasteiger partial charge on any atom is -0.360 e. The molecule has 0 spiro atoms. The summed E-state index contributed by atoms with van der Waals surface area (Å²) in [6, 6.07) is 4.53. The van der Waals surface area contributed by atoms with Crippen molar-refractivity contribution < 1.29 is 9.18 Å². The zero-order valence-corrected chi connectivity index (χ0v) is 10.4. The lowest BCUT2D eigenvalue weighted by atomic mass is 9.81. The van der Waals surface area contributed by atoms with Crippen molar-refractivity contribution in [3.8, 4) is 0 Å². The molecular weight excluding hydrogens is 229 g/mol. The van der Waals surface area contributed by atoms with Gasteiger partial charge in [0.05, 0.1) is 0 Å². The minimum atomic E-state index is -0.282. The molecule has 0 aliphatic heterocycles. The molecule has 2 nitrogen and oxygen atoms in total. The molecule has 2 aromatic rings. The summed E-state index contributed by atoms with van der Waals surface area (Å²) in [7, 11) is 0. The fraction of sp³-hybridized carbons (Fsp3) is 0.400. The van der Waals surface area contributed by atoms with Gasteiger partial charge in [-0.1, -0.05) is 19.8 Å². The van der Waals surface area contributed by atoms with Crippen LogP contribution in [0.5, 0.6) is 0 Å². The molecule has 0 unspecified atom stereocenters. The molecule has 1 aromatic carbocycles. The second kappa shape index (κ2) is 3.94. The van der Waals surface area contributed by atoms with Gasteiger partial charge < -0.3 is 4.98 Å². The van der Waals surface area contributed by atoms with E-state index in [-0.39, 0.29) is 17.0 Å². The van der Waals surface area contributed by atoms with E-state index in [1.165, 1.54) is 12.1 Å². The Morgan fingerprint density at radius 2 is 2.06 bits per heavy atom. The van der Waals surface area contributed by atoms with E-state index in [1.807, 2.05) is 6.92 Å². The molecule has 3 heteroatoms. The molecular formula is C15H16FNO. The smallest absolute Gasteiger partial charge is 0.170 e. The quantitative estimate of drug-likeness (QED) is 0.795. The highest BCUT2D eigenvalue weighted by Crippen LogP contribution is 2.41. The third-order valence-electron chi connectivity index (χ3n) is 4.14. The second-order valence-corrected chi connectivity index (χ2v) is 5.49. The highest BCUT2D eigenvalue weighted by molar-refractivity contribution is 6.10. The predicted molar refractivity (Wildman–Crippen MR) is 69.2 cm³/mol. The van der Waals surface area contributed by atoms with Crippen LogP contribution in [-0.2, 0) is 0 Å². The fourth-order valence-electron chi connectivity index (χ4n) is 2.99. The summed E-state index contributed by atoms with van der Waals surface area (Å²) in [5, 5.41) is 0.828. The molecule has 1 heterocycles. The predicted octanol–water partition coefficient (Wildman–Crippen LogP) is 4.07. The van der Waals surface area contributed by atoms with Gasteiger partial charge in [-0.05, 0) is 31.0 Å². The molecule has 0 bridgehead atoms. The molecule has 0 saturated heterocycles. The standard InChI is InChI=1S/C15H16FNO/c1-15(6-2-3-7-15)14(18)12-9-17-13-8-10(16)4-5-11(12)13/h4-5,8-9,17H,2-3,6-7H2,1H3. The van der Waals surface area contributed by atoms with Gasteiger partial charge in [0.25, 0.3) is 0 Å². The Morgan fingerprint density at radius 1 is 1.33 bits per heavy atom. The van der Waals surface area contributed by atoms with Gasteiger partial charge in [0.15, 0.2) is 5.78 Å². The Kier molecular flexibility index (Phi) is 2.51. The van der Waals surface area contributed by atoms with Crippen molar-refractivity contribution >= 4 is 16.7 Å².